The van der Waals surface area contributed by atoms with E-state index in [1.165, 1.54) is 6.07 Å². The van der Waals surface area contributed by atoms with Gasteiger partial charge >= 0.3 is 0 Å². The molecule has 0 unspecified atom stereocenters. The first kappa shape index (κ1) is 18.6. The summed E-state index contributed by atoms with van der Waals surface area (Å²) in [4.78, 5) is 16.7. The number of nitrogens with zero attached hydrogens (tertiary/aromatic N) is 3. The lowest BCUT2D eigenvalue weighted by atomic mass is 10.2. The largest absolute Gasteiger partial charge is 0.383 e. The zero-order valence-electron chi connectivity index (χ0n) is 14.0. The predicted octanol–water partition coefficient (Wildman–Crippen LogP) is 3.02. The van der Waals surface area contributed by atoms with Crippen molar-refractivity contribution in [1.29, 1.82) is 0 Å². The fraction of sp³-hybridized carbons (Fsp3) is 0.235. The molecule has 0 spiro atoms. The second-order valence-corrected chi connectivity index (χ2v) is 6.31. The van der Waals surface area contributed by atoms with Gasteiger partial charge in [-0.25, -0.2) is 9.50 Å². The molecule has 7 nitrogen and oxygen atoms in total. The van der Waals surface area contributed by atoms with Crippen LogP contribution in [0.4, 0.5) is 5.82 Å². The quantitative estimate of drug-likeness (QED) is 0.603. The van der Waals surface area contributed by atoms with Gasteiger partial charge in [-0.2, -0.15) is 0 Å². The smallest absolute Gasteiger partial charge is 0.256 e. The van der Waals surface area contributed by atoms with Crippen LogP contribution in [0.3, 0.4) is 0 Å². The van der Waals surface area contributed by atoms with E-state index in [4.69, 9.17) is 27.9 Å². The molecular weight excluding hydrogens is 377 g/mol. The first-order valence-corrected chi connectivity index (χ1v) is 8.64. The number of halogens is 2. The van der Waals surface area contributed by atoms with Crippen LogP contribution in [0, 0.1) is 0 Å². The van der Waals surface area contributed by atoms with Gasteiger partial charge in [0.2, 0.25) is 0 Å². The Morgan fingerprint density at radius 2 is 2.08 bits per heavy atom. The number of anilines is 1. The highest BCUT2D eigenvalue weighted by atomic mass is 35.5. The van der Waals surface area contributed by atoms with Crippen LogP contribution < -0.4 is 10.6 Å². The Hall–Kier alpha value is -2.19. The normalized spacial score (nSPS) is 11.0. The first-order valence-electron chi connectivity index (χ1n) is 7.88. The Morgan fingerprint density at radius 3 is 2.85 bits per heavy atom. The van der Waals surface area contributed by atoms with Gasteiger partial charge in [-0.3, -0.25) is 4.79 Å². The maximum absolute atomic E-state index is 12.4. The molecule has 2 N–H and O–H groups in total. The Kier molecular flexibility index (Phi) is 6.05. The average molecular weight is 394 g/mol. The lowest BCUT2D eigenvalue weighted by molar-refractivity contribution is 0.102. The fourth-order valence-electron chi connectivity index (χ4n) is 2.32. The van der Waals surface area contributed by atoms with Gasteiger partial charge < -0.3 is 15.4 Å². The number of imidazole rings is 1. The van der Waals surface area contributed by atoms with Gasteiger partial charge in [-0.1, -0.05) is 23.2 Å². The lowest BCUT2D eigenvalue weighted by Crippen LogP contribution is -2.20. The van der Waals surface area contributed by atoms with Gasteiger partial charge in [0.15, 0.2) is 11.5 Å². The van der Waals surface area contributed by atoms with Crippen molar-refractivity contribution < 1.29 is 9.53 Å². The van der Waals surface area contributed by atoms with Gasteiger partial charge in [0.1, 0.15) is 0 Å². The molecule has 0 saturated carbocycles. The molecule has 1 amide bonds. The van der Waals surface area contributed by atoms with E-state index in [-0.39, 0.29) is 5.91 Å². The monoisotopic (exact) mass is 393 g/mol. The Bertz CT molecular complexity index is 929. The van der Waals surface area contributed by atoms with Crippen LogP contribution in [0.2, 0.25) is 10.0 Å². The van der Waals surface area contributed by atoms with Gasteiger partial charge in [0, 0.05) is 25.8 Å². The molecule has 0 aliphatic heterocycles. The topological polar surface area (TPSA) is 80.5 Å². The summed E-state index contributed by atoms with van der Waals surface area (Å²) >= 11 is 11.8. The highest BCUT2D eigenvalue weighted by Gasteiger charge is 2.11. The summed E-state index contributed by atoms with van der Waals surface area (Å²) in [7, 11) is 1.65. The van der Waals surface area contributed by atoms with Crippen LogP contribution in [0.25, 0.3) is 5.65 Å². The number of amides is 1. The van der Waals surface area contributed by atoms with E-state index in [0.29, 0.717) is 40.2 Å². The molecule has 2 heterocycles. The van der Waals surface area contributed by atoms with E-state index < -0.39 is 0 Å². The van der Waals surface area contributed by atoms with Crippen molar-refractivity contribution in [3.63, 3.8) is 0 Å². The van der Waals surface area contributed by atoms with E-state index in [9.17, 15) is 4.79 Å². The second kappa shape index (κ2) is 8.46. The number of hydrogen-bond acceptors (Lipinski definition) is 5. The van der Waals surface area contributed by atoms with Gasteiger partial charge in [-0.15, -0.1) is 5.10 Å². The summed E-state index contributed by atoms with van der Waals surface area (Å²) in [6, 6.07) is 8.18. The van der Waals surface area contributed by atoms with E-state index in [1.54, 1.807) is 42.1 Å². The van der Waals surface area contributed by atoms with Crippen molar-refractivity contribution in [2.45, 2.75) is 6.54 Å². The molecule has 0 saturated heterocycles. The fourth-order valence-corrected chi connectivity index (χ4v) is 2.62. The lowest BCUT2D eigenvalue weighted by Gasteiger charge is -2.07. The average Bonchev–Trinajstić information content (AvgIpc) is 3.03. The molecule has 0 bridgehead atoms. The molecule has 1 aromatic carbocycles. The number of fused-ring (bicyclic) bond motifs is 1. The number of hydrogen-bond donors (Lipinski definition) is 2. The maximum Gasteiger partial charge on any atom is 0.256 e. The third-order valence-electron chi connectivity index (χ3n) is 3.65. The van der Waals surface area contributed by atoms with Gasteiger partial charge in [-0.05, 0) is 30.3 Å². The number of ether oxygens (including phenoxy) is 1. The molecule has 3 rings (SSSR count). The minimum absolute atomic E-state index is 0.321. The summed E-state index contributed by atoms with van der Waals surface area (Å²) in [5.41, 5.74) is 1.97. The van der Waals surface area contributed by atoms with Crippen molar-refractivity contribution in [2.24, 2.45) is 0 Å². The summed E-state index contributed by atoms with van der Waals surface area (Å²) in [5.74, 6) is 0.0833. The molecule has 3 aromatic rings. The molecule has 9 heteroatoms. The summed E-state index contributed by atoms with van der Waals surface area (Å²) in [6.45, 7) is 1.92. The standard InChI is InChI=1S/C17H17Cl2N5O2/c1-26-7-6-20-9-12-10-21-16-5-4-15(23-24(12)16)22-17(25)11-2-3-13(18)14(19)8-11/h2-5,8,10,20H,6-7,9H2,1H3,(H,22,23,25). The predicted molar refractivity (Wildman–Crippen MR) is 101 cm³/mol. The minimum Gasteiger partial charge on any atom is -0.383 e. The van der Waals surface area contributed by atoms with E-state index >= 15 is 0 Å². The number of carbonyl (C=O) groups excluding carboxylic acids is 1. The number of benzene rings is 1. The van der Waals surface area contributed by atoms with E-state index in [0.717, 1.165) is 12.2 Å². The first-order chi connectivity index (χ1) is 12.6. The SMILES string of the molecule is COCCNCc1cnc2ccc(NC(=O)c3ccc(Cl)c(Cl)c3)nn12. The number of rotatable bonds is 7. The van der Waals surface area contributed by atoms with Crippen LogP contribution in [-0.4, -0.2) is 40.8 Å². The third-order valence-corrected chi connectivity index (χ3v) is 4.38. The highest BCUT2D eigenvalue weighted by molar-refractivity contribution is 6.42. The highest BCUT2D eigenvalue weighted by Crippen LogP contribution is 2.23. The number of methoxy groups -OCH3 is 1. The van der Waals surface area contributed by atoms with Crippen molar-refractivity contribution in [1.82, 2.24) is 19.9 Å². The molecule has 0 aliphatic rings. The van der Waals surface area contributed by atoms with Crippen molar-refractivity contribution in [2.75, 3.05) is 25.6 Å². The molecule has 0 radical (unpaired) electrons. The summed E-state index contributed by atoms with van der Waals surface area (Å²) in [5, 5.41) is 11.1. The summed E-state index contributed by atoms with van der Waals surface area (Å²) in [6.07, 6.45) is 1.74. The maximum atomic E-state index is 12.4. The van der Waals surface area contributed by atoms with Gasteiger partial charge in [0.05, 0.1) is 28.5 Å². The van der Waals surface area contributed by atoms with Crippen molar-refractivity contribution in [3.05, 3.63) is 57.8 Å². The zero-order chi connectivity index (χ0) is 18.5. The third kappa shape index (κ3) is 4.31. The van der Waals surface area contributed by atoms with Crippen molar-refractivity contribution >= 4 is 40.6 Å². The van der Waals surface area contributed by atoms with Crippen molar-refractivity contribution in [3.8, 4) is 0 Å². The Balaban J connectivity index is 1.75. The number of nitrogens with one attached hydrogen (secondary N) is 2. The molecule has 0 atom stereocenters. The number of carbonyl (C=O) groups is 1. The number of aromatic nitrogens is 3. The molecular formula is C17H17Cl2N5O2. The molecule has 0 aliphatic carbocycles. The minimum atomic E-state index is -0.324. The van der Waals surface area contributed by atoms with Crippen LogP contribution in [0.15, 0.2) is 36.5 Å². The molecule has 136 valence electrons. The van der Waals surface area contributed by atoms with Crippen LogP contribution in [0.1, 0.15) is 16.1 Å². The summed E-state index contributed by atoms with van der Waals surface area (Å²) < 4.78 is 6.69. The molecule has 26 heavy (non-hydrogen) atoms. The Labute approximate surface area is 160 Å². The Morgan fingerprint density at radius 1 is 1.23 bits per heavy atom. The van der Waals surface area contributed by atoms with E-state index in [2.05, 4.69) is 20.7 Å². The van der Waals surface area contributed by atoms with Crippen LogP contribution in [-0.2, 0) is 11.3 Å². The second-order valence-electron chi connectivity index (χ2n) is 5.49. The van der Waals surface area contributed by atoms with Crippen LogP contribution in [0.5, 0.6) is 0 Å². The zero-order valence-corrected chi connectivity index (χ0v) is 15.5. The van der Waals surface area contributed by atoms with Gasteiger partial charge in [0.25, 0.3) is 5.91 Å². The molecule has 2 aromatic heterocycles. The molecule has 0 fully saturated rings. The van der Waals surface area contributed by atoms with E-state index in [1.807, 2.05) is 0 Å². The van der Waals surface area contributed by atoms with Crippen LogP contribution >= 0.6 is 23.2 Å².